The van der Waals surface area contributed by atoms with E-state index in [1.165, 1.54) is 13.2 Å². The van der Waals surface area contributed by atoms with Crippen LogP contribution in [-0.4, -0.2) is 22.6 Å². The molecular weight excluding hydrogens is 424 g/mol. The van der Waals surface area contributed by atoms with Crippen LogP contribution in [0.5, 0.6) is 0 Å². The Hall–Kier alpha value is -2.00. The quantitative estimate of drug-likeness (QED) is 0.502. The average molecular weight is 439 g/mol. The molecule has 0 saturated heterocycles. The third-order valence-electron chi connectivity index (χ3n) is 3.86. The third-order valence-corrected chi connectivity index (χ3v) is 4.53. The van der Waals surface area contributed by atoms with Crippen LogP contribution in [-0.2, 0) is 18.3 Å². The molecular formula is C17H15FIN3O2. The summed E-state index contributed by atoms with van der Waals surface area (Å²) in [5.41, 5.74) is 4.65. The molecule has 0 spiro atoms. The Morgan fingerprint density at radius 1 is 1.42 bits per heavy atom. The molecule has 1 aromatic carbocycles. The summed E-state index contributed by atoms with van der Waals surface area (Å²) in [7, 11) is 3.19. The summed E-state index contributed by atoms with van der Waals surface area (Å²) in [6.07, 6.45) is 1.94. The van der Waals surface area contributed by atoms with Crippen molar-refractivity contribution in [2.45, 2.75) is 6.42 Å². The molecule has 1 N–H and O–H groups in total. The van der Waals surface area contributed by atoms with Crippen molar-refractivity contribution in [3.8, 4) is 0 Å². The van der Waals surface area contributed by atoms with Crippen LogP contribution < -0.4 is 5.48 Å². The smallest absolute Gasteiger partial charge is 0.277 e. The molecule has 2 heterocycles. The molecule has 0 saturated carbocycles. The first-order valence-corrected chi connectivity index (χ1v) is 8.30. The fourth-order valence-electron chi connectivity index (χ4n) is 2.76. The van der Waals surface area contributed by atoms with Gasteiger partial charge in [-0.15, -0.1) is 0 Å². The van der Waals surface area contributed by atoms with Crippen LogP contribution in [0.25, 0.3) is 11.0 Å². The van der Waals surface area contributed by atoms with E-state index in [0.717, 1.165) is 3.57 Å². The number of aromatic nitrogens is 2. The molecule has 7 heteroatoms. The number of nitrogens with one attached hydrogen (secondary N) is 1. The van der Waals surface area contributed by atoms with Crippen LogP contribution in [0.1, 0.15) is 21.6 Å². The molecule has 0 bridgehead atoms. The predicted octanol–water partition coefficient (Wildman–Crippen LogP) is 3.20. The highest BCUT2D eigenvalue weighted by Crippen LogP contribution is 2.27. The Kier molecular flexibility index (Phi) is 4.81. The maximum absolute atomic E-state index is 14.2. The Balaban J connectivity index is 2.17. The summed E-state index contributed by atoms with van der Waals surface area (Å²) in [4.78, 5) is 21.5. The average Bonchev–Trinajstić information content (AvgIpc) is 2.83. The van der Waals surface area contributed by atoms with Gasteiger partial charge in [0.25, 0.3) is 5.91 Å². The van der Waals surface area contributed by atoms with Crippen LogP contribution in [0.4, 0.5) is 4.39 Å². The second kappa shape index (κ2) is 6.86. The number of halogens is 2. The second-order valence-corrected chi connectivity index (χ2v) is 6.55. The van der Waals surface area contributed by atoms with Crippen LogP contribution in [0.2, 0.25) is 0 Å². The van der Waals surface area contributed by atoms with E-state index in [0.29, 0.717) is 27.9 Å². The molecule has 3 aromatic rings. The van der Waals surface area contributed by atoms with Gasteiger partial charge in [0.05, 0.1) is 12.7 Å². The number of nitrogens with zero attached hydrogens (tertiary/aromatic N) is 2. The Bertz CT molecular complexity index is 924. The third kappa shape index (κ3) is 3.01. The number of hydrogen-bond donors (Lipinski definition) is 1. The van der Waals surface area contributed by atoms with Crippen LogP contribution in [0.3, 0.4) is 0 Å². The number of hydroxylamine groups is 1. The predicted molar refractivity (Wildman–Crippen MR) is 97.1 cm³/mol. The van der Waals surface area contributed by atoms with E-state index in [9.17, 15) is 9.18 Å². The first-order valence-electron chi connectivity index (χ1n) is 7.22. The Morgan fingerprint density at radius 3 is 2.92 bits per heavy atom. The lowest BCUT2D eigenvalue weighted by Crippen LogP contribution is -2.23. The van der Waals surface area contributed by atoms with Gasteiger partial charge in [0.2, 0.25) is 0 Å². The van der Waals surface area contributed by atoms with E-state index >= 15 is 0 Å². The van der Waals surface area contributed by atoms with Gasteiger partial charge in [-0.2, -0.15) is 0 Å². The molecule has 0 aliphatic carbocycles. The molecule has 0 radical (unpaired) electrons. The largest absolute Gasteiger partial charge is 0.332 e. The van der Waals surface area contributed by atoms with Gasteiger partial charge >= 0.3 is 0 Å². The van der Waals surface area contributed by atoms with Gasteiger partial charge in [-0.1, -0.05) is 6.07 Å². The summed E-state index contributed by atoms with van der Waals surface area (Å²) < 4.78 is 16.9. The Labute approximate surface area is 151 Å². The fourth-order valence-corrected chi connectivity index (χ4v) is 3.21. The van der Waals surface area contributed by atoms with Crippen LogP contribution >= 0.6 is 22.6 Å². The topological polar surface area (TPSA) is 56.1 Å². The van der Waals surface area contributed by atoms with Crippen molar-refractivity contribution < 1.29 is 14.0 Å². The number of rotatable bonds is 4. The molecule has 5 nitrogen and oxygen atoms in total. The first-order chi connectivity index (χ1) is 11.5. The van der Waals surface area contributed by atoms with Crippen LogP contribution in [0.15, 0.2) is 36.5 Å². The minimum Gasteiger partial charge on any atom is -0.332 e. The zero-order valence-electron chi connectivity index (χ0n) is 13.1. The van der Waals surface area contributed by atoms with Gasteiger partial charge in [-0.05, 0) is 52.4 Å². The number of pyridine rings is 1. The van der Waals surface area contributed by atoms with Gasteiger partial charge in [0.1, 0.15) is 11.5 Å². The zero-order chi connectivity index (χ0) is 17.3. The second-order valence-electron chi connectivity index (χ2n) is 5.30. The molecule has 3 rings (SSSR count). The molecule has 0 unspecified atom stereocenters. The molecule has 0 fully saturated rings. The first kappa shape index (κ1) is 16.8. The van der Waals surface area contributed by atoms with Gasteiger partial charge in [-0.3, -0.25) is 9.63 Å². The highest BCUT2D eigenvalue weighted by molar-refractivity contribution is 14.1. The van der Waals surface area contributed by atoms with Crippen LogP contribution in [0, 0.1) is 9.39 Å². The minimum absolute atomic E-state index is 0.280. The van der Waals surface area contributed by atoms with Crippen molar-refractivity contribution in [3.63, 3.8) is 0 Å². The molecule has 124 valence electrons. The molecule has 0 atom stereocenters. The lowest BCUT2D eigenvalue weighted by Gasteiger charge is -2.09. The van der Waals surface area contributed by atoms with Crippen molar-refractivity contribution in [2.24, 2.45) is 7.05 Å². The number of amides is 1. The molecule has 0 aliphatic heterocycles. The molecule has 2 aromatic heterocycles. The summed E-state index contributed by atoms with van der Waals surface area (Å²) in [5.74, 6) is -0.671. The SMILES string of the molecule is CONC(=O)c1c(Cc2ccc(I)cc2F)n(C)c2ncccc12. The van der Waals surface area contributed by atoms with E-state index < -0.39 is 0 Å². The highest BCUT2D eigenvalue weighted by atomic mass is 127. The van der Waals surface area contributed by atoms with Crippen molar-refractivity contribution in [1.29, 1.82) is 0 Å². The van der Waals surface area contributed by atoms with E-state index in [2.05, 4.69) is 33.1 Å². The number of carbonyl (C=O) groups excluding carboxylic acids is 1. The summed E-state index contributed by atoms with van der Waals surface area (Å²) in [6.45, 7) is 0. The molecule has 24 heavy (non-hydrogen) atoms. The minimum atomic E-state index is -0.378. The summed E-state index contributed by atoms with van der Waals surface area (Å²) >= 11 is 2.06. The number of aryl methyl sites for hydroxylation is 1. The van der Waals surface area contributed by atoms with Crippen molar-refractivity contribution in [1.82, 2.24) is 15.0 Å². The van der Waals surface area contributed by atoms with Gasteiger partial charge < -0.3 is 4.57 Å². The zero-order valence-corrected chi connectivity index (χ0v) is 15.3. The van der Waals surface area contributed by atoms with Crippen molar-refractivity contribution >= 4 is 39.5 Å². The molecule has 0 aliphatic rings. The lowest BCUT2D eigenvalue weighted by molar-refractivity contribution is 0.0538. The summed E-state index contributed by atoms with van der Waals surface area (Å²) in [5, 5.41) is 0.704. The van der Waals surface area contributed by atoms with E-state index in [4.69, 9.17) is 4.84 Å². The highest BCUT2D eigenvalue weighted by Gasteiger charge is 2.22. The maximum atomic E-state index is 14.2. The fraction of sp³-hybridized carbons (Fsp3) is 0.176. The van der Waals surface area contributed by atoms with E-state index in [1.807, 2.05) is 23.7 Å². The van der Waals surface area contributed by atoms with Gasteiger partial charge in [0.15, 0.2) is 0 Å². The normalized spacial score (nSPS) is 11.0. The molecule has 1 amide bonds. The van der Waals surface area contributed by atoms with Gasteiger partial charge in [0, 0.05) is 34.3 Å². The van der Waals surface area contributed by atoms with Crippen molar-refractivity contribution in [2.75, 3.05) is 7.11 Å². The lowest BCUT2D eigenvalue weighted by atomic mass is 10.0. The standard InChI is InChI=1S/C17H15FIN3O2/c1-22-14(8-10-5-6-11(19)9-13(10)18)15(17(23)21-24-2)12-4-3-7-20-16(12)22/h3-7,9H,8H2,1-2H3,(H,21,23). The number of fused-ring (bicyclic) bond motifs is 1. The van der Waals surface area contributed by atoms with Gasteiger partial charge in [-0.25, -0.2) is 14.9 Å². The maximum Gasteiger partial charge on any atom is 0.277 e. The van der Waals surface area contributed by atoms with E-state index in [1.54, 1.807) is 18.3 Å². The van der Waals surface area contributed by atoms with Crippen molar-refractivity contribution in [3.05, 3.63) is 62.7 Å². The number of benzene rings is 1. The Morgan fingerprint density at radius 2 is 2.21 bits per heavy atom. The summed E-state index contributed by atoms with van der Waals surface area (Å²) in [6, 6.07) is 8.64. The number of carbonyl (C=O) groups is 1. The van der Waals surface area contributed by atoms with E-state index in [-0.39, 0.29) is 18.1 Å². The number of hydrogen-bond acceptors (Lipinski definition) is 3. The monoisotopic (exact) mass is 439 g/mol.